The molecule has 1 saturated carbocycles. The van der Waals surface area contributed by atoms with Crippen molar-refractivity contribution in [3.8, 4) is 0 Å². The van der Waals surface area contributed by atoms with Gasteiger partial charge in [-0.1, -0.05) is 18.6 Å². The Balaban J connectivity index is 1.74. The fraction of sp³-hybridized carbons (Fsp3) is 0.471. The van der Waals surface area contributed by atoms with E-state index in [1.165, 1.54) is 0 Å². The summed E-state index contributed by atoms with van der Waals surface area (Å²) in [6.07, 6.45) is 3.24. The fourth-order valence-corrected chi connectivity index (χ4v) is 3.29. The molecule has 3 rings (SSSR count). The highest BCUT2D eigenvalue weighted by molar-refractivity contribution is 6.02. The lowest BCUT2D eigenvalue weighted by atomic mass is 9.66. The number of carbonyl (C=O) groups excluding carboxylic acids is 2. The van der Waals surface area contributed by atoms with Crippen LogP contribution in [0.15, 0.2) is 24.3 Å². The number of aliphatic carboxylic acids is 1. The van der Waals surface area contributed by atoms with E-state index in [0.717, 1.165) is 12.8 Å². The Bertz CT molecular complexity index is 652. The Hall–Kier alpha value is -2.37. The lowest BCUT2D eigenvalue weighted by Crippen LogP contribution is -2.41. The van der Waals surface area contributed by atoms with Gasteiger partial charge in [0.25, 0.3) is 0 Å². The predicted octanol–water partition coefficient (Wildman–Crippen LogP) is 2.40. The molecule has 1 aliphatic heterocycles. The van der Waals surface area contributed by atoms with Crippen LogP contribution in [0.25, 0.3) is 0 Å². The van der Waals surface area contributed by atoms with Gasteiger partial charge in [-0.15, -0.1) is 0 Å². The van der Waals surface area contributed by atoms with Crippen molar-refractivity contribution >= 4 is 29.2 Å². The average molecular weight is 316 g/mol. The molecular weight excluding hydrogens is 296 g/mol. The summed E-state index contributed by atoms with van der Waals surface area (Å²) >= 11 is 0. The van der Waals surface area contributed by atoms with Crippen molar-refractivity contribution in [3.63, 3.8) is 0 Å². The zero-order chi connectivity index (χ0) is 16.4. The topological polar surface area (TPSA) is 86.7 Å². The van der Waals surface area contributed by atoms with Crippen LogP contribution < -0.4 is 10.2 Å². The minimum absolute atomic E-state index is 0.0232. The first kappa shape index (κ1) is 15.5. The van der Waals surface area contributed by atoms with E-state index in [9.17, 15) is 19.5 Å². The normalized spacial score (nSPS) is 19.3. The second-order valence-corrected chi connectivity index (χ2v) is 6.33. The number of amides is 2. The number of rotatable bonds is 5. The van der Waals surface area contributed by atoms with Crippen LogP contribution in [0.5, 0.6) is 0 Å². The number of hydrogen-bond donors (Lipinski definition) is 2. The summed E-state index contributed by atoms with van der Waals surface area (Å²) in [4.78, 5) is 37.3. The predicted molar refractivity (Wildman–Crippen MR) is 85.2 cm³/mol. The van der Waals surface area contributed by atoms with Crippen LogP contribution in [0.1, 0.15) is 38.5 Å². The van der Waals surface area contributed by atoms with Gasteiger partial charge in [-0.3, -0.25) is 14.4 Å². The van der Waals surface area contributed by atoms with Gasteiger partial charge >= 0.3 is 5.97 Å². The molecule has 23 heavy (non-hydrogen) atoms. The molecule has 2 N–H and O–H groups in total. The van der Waals surface area contributed by atoms with Crippen molar-refractivity contribution in [1.82, 2.24) is 0 Å². The quantitative estimate of drug-likeness (QED) is 0.873. The van der Waals surface area contributed by atoms with Crippen LogP contribution in [-0.2, 0) is 14.4 Å². The first-order valence-corrected chi connectivity index (χ1v) is 7.94. The third-order valence-electron chi connectivity index (χ3n) is 4.81. The molecule has 1 aromatic carbocycles. The van der Waals surface area contributed by atoms with Crippen molar-refractivity contribution in [3.05, 3.63) is 24.3 Å². The summed E-state index contributed by atoms with van der Waals surface area (Å²) in [7, 11) is 0. The van der Waals surface area contributed by atoms with Crippen molar-refractivity contribution in [2.75, 3.05) is 16.8 Å². The molecule has 1 aliphatic carbocycles. The fourth-order valence-electron chi connectivity index (χ4n) is 3.29. The molecule has 0 unspecified atom stereocenters. The highest BCUT2D eigenvalue weighted by atomic mass is 16.4. The Kier molecular flexibility index (Phi) is 4.07. The Labute approximate surface area is 134 Å². The van der Waals surface area contributed by atoms with E-state index in [0.29, 0.717) is 37.2 Å². The molecule has 1 heterocycles. The van der Waals surface area contributed by atoms with Crippen molar-refractivity contribution < 1.29 is 19.5 Å². The number of hydrogen-bond acceptors (Lipinski definition) is 3. The molecule has 6 heteroatoms. The van der Waals surface area contributed by atoms with Gasteiger partial charge in [0.2, 0.25) is 11.8 Å². The summed E-state index contributed by atoms with van der Waals surface area (Å²) in [6.45, 7) is 0.644. The number of carbonyl (C=O) groups is 3. The van der Waals surface area contributed by atoms with E-state index in [1.807, 2.05) is 6.07 Å². The molecule has 0 aromatic heterocycles. The maximum absolute atomic E-state index is 12.3. The first-order valence-electron chi connectivity index (χ1n) is 7.94. The number of carboxylic acid groups (broad SMARTS) is 1. The molecule has 0 radical (unpaired) electrons. The van der Waals surface area contributed by atoms with Crippen molar-refractivity contribution in [2.45, 2.75) is 38.5 Å². The third-order valence-corrected chi connectivity index (χ3v) is 4.81. The van der Waals surface area contributed by atoms with Gasteiger partial charge in [0.15, 0.2) is 0 Å². The number of benzene rings is 1. The molecule has 6 nitrogen and oxygen atoms in total. The maximum Gasteiger partial charge on any atom is 0.310 e. The lowest BCUT2D eigenvalue weighted by molar-refractivity contribution is -0.157. The second-order valence-electron chi connectivity index (χ2n) is 6.33. The zero-order valence-corrected chi connectivity index (χ0v) is 12.9. The van der Waals surface area contributed by atoms with Gasteiger partial charge in [0.05, 0.1) is 16.8 Å². The lowest BCUT2D eigenvalue weighted by Gasteiger charge is -2.37. The van der Waals surface area contributed by atoms with Crippen LogP contribution in [0.2, 0.25) is 0 Å². The van der Waals surface area contributed by atoms with Crippen LogP contribution >= 0.6 is 0 Å². The summed E-state index contributed by atoms with van der Waals surface area (Å²) < 4.78 is 0. The number of para-hydroxylation sites is 2. The van der Waals surface area contributed by atoms with Gasteiger partial charge in [-0.05, 0) is 31.4 Å². The van der Waals surface area contributed by atoms with E-state index in [2.05, 4.69) is 5.32 Å². The van der Waals surface area contributed by atoms with Crippen LogP contribution in [0.3, 0.4) is 0 Å². The largest absolute Gasteiger partial charge is 0.481 e. The summed E-state index contributed by atoms with van der Waals surface area (Å²) in [5.74, 6) is -1.17. The standard InChI is InChI=1S/C17H20N2O4/c20-14(11-17(16(22)23)8-4-9-17)18-12-5-1-2-6-13(12)19-10-3-7-15(19)21/h1-2,5-6H,3-4,7-11H2,(H,18,20)(H,22,23). The number of carboxylic acids is 1. The Morgan fingerprint density at radius 1 is 1.22 bits per heavy atom. The van der Waals surface area contributed by atoms with E-state index >= 15 is 0 Å². The minimum atomic E-state index is -0.914. The van der Waals surface area contributed by atoms with E-state index in [-0.39, 0.29) is 18.2 Å². The van der Waals surface area contributed by atoms with E-state index < -0.39 is 11.4 Å². The summed E-state index contributed by atoms with van der Waals surface area (Å²) in [6, 6.07) is 7.15. The Morgan fingerprint density at radius 3 is 2.52 bits per heavy atom. The van der Waals surface area contributed by atoms with Gasteiger partial charge in [0, 0.05) is 19.4 Å². The minimum Gasteiger partial charge on any atom is -0.481 e. The van der Waals surface area contributed by atoms with E-state index in [4.69, 9.17) is 0 Å². The molecule has 2 amide bonds. The molecule has 122 valence electrons. The van der Waals surface area contributed by atoms with Gasteiger partial charge in [0.1, 0.15) is 0 Å². The van der Waals surface area contributed by atoms with Crippen LogP contribution in [-0.4, -0.2) is 29.4 Å². The zero-order valence-electron chi connectivity index (χ0n) is 12.9. The molecule has 2 fully saturated rings. The average Bonchev–Trinajstić information content (AvgIpc) is 2.89. The van der Waals surface area contributed by atoms with E-state index in [1.54, 1.807) is 23.1 Å². The second kappa shape index (κ2) is 6.02. The first-order chi connectivity index (χ1) is 11.0. The summed E-state index contributed by atoms with van der Waals surface area (Å²) in [5.41, 5.74) is 0.330. The van der Waals surface area contributed by atoms with Crippen molar-refractivity contribution in [2.24, 2.45) is 5.41 Å². The molecule has 1 saturated heterocycles. The molecule has 2 aliphatic rings. The highest BCUT2D eigenvalue weighted by Crippen LogP contribution is 2.44. The van der Waals surface area contributed by atoms with Crippen LogP contribution in [0, 0.1) is 5.41 Å². The highest BCUT2D eigenvalue weighted by Gasteiger charge is 2.46. The SMILES string of the molecule is O=C(CC1(C(=O)O)CCC1)Nc1ccccc1N1CCCC1=O. The number of anilines is 2. The monoisotopic (exact) mass is 316 g/mol. The van der Waals surface area contributed by atoms with Crippen molar-refractivity contribution in [1.29, 1.82) is 0 Å². The molecule has 0 atom stereocenters. The van der Waals surface area contributed by atoms with Gasteiger partial charge in [-0.25, -0.2) is 0 Å². The molecule has 1 aromatic rings. The smallest absolute Gasteiger partial charge is 0.310 e. The molecular formula is C17H20N2O4. The molecule has 0 bridgehead atoms. The van der Waals surface area contributed by atoms with Crippen LogP contribution in [0.4, 0.5) is 11.4 Å². The van der Waals surface area contributed by atoms with Gasteiger partial charge in [-0.2, -0.15) is 0 Å². The van der Waals surface area contributed by atoms with Gasteiger partial charge < -0.3 is 15.3 Å². The number of nitrogens with one attached hydrogen (secondary N) is 1. The third kappa shape index (κ3) is 2.93. The number of nitrogens with zero attached hydrogens (tertiary/aromatic N) is 1. The summed E-state index contributed by atoms with van der Waals surface area (Å²) in [5, 5.41) is 12.1. The maximum atomic E-state index is 12.3. The molecule has 0 spiro atoms. The Morgan fingerprint density at radius 2 is 1.96 bits per heavy atom.